The van der Waals surface area contributed by atoms with E-state index in [2.05, 4.69) is 5.32 Å². The number of hydrogen-bond donors (Lipinski definition) is 1. The predicted octanol–water partition coefficient (Wildman–Crippen LogP) is 0.236. The zero-order valence-corrected chi connectivity index (χ0v) is 11.9. The van der Waals surface area contributed by atoms with Gasteiger partial charge in [-0.2, -0.15) is 5.26 Å². The third-order valence-electron chi connectivity index (χ3n) is 2.49. The second-order valence-corrected chi connectivity index (χ2v) is 6.21. The van der Waals surface area contributed by atoms with Crippen LogP contribution in [0, 0.1) is 11.3 Å². The zero-order chi connectivity index (χ0) is 15.0. The molecule has 0 bridgehead atoms. The average molecular weight is 296 g/mol. The van der Waals surface area contributed by atoms with Gasteiger partial charge in [0.2, 0.25) is 5.91 Å². The largest absolute Gasteiger partial charge is 0.383 e. The van der Waals surface area contributed by atoms with Crippen LogP contribution in [-0.2, 0) is 25.1 Å². The lowest BCUT2D eigenvalue weighted by Crippen LogP contribution is -2.33. The van der Waals surface area contributed by atoms with Crippen LogP contribution in [0.2, 0.25) is 0 Å². The number of rotatable bonds is 7. The van der Waals surface area contributed by atoms with Gasteiger partial charge >= 0.3 is 0 Å². The highest BCUT2D eigenvalue weighted by Crippen LogP contribution is 2.12. The molecule has 0 aliphatic rings. The summed E-state index contributed by atoms with van der Waals surface area (Å²) < 4.78 is 28.6. The van der Waals surface area contributed by atoms with E-state index in [9.17, 15) is 13.2 Å². The minimum atomic E-state index is -3.61. The number of nitriles is 1. The molecule has 0 heterocycles. The van der Waals surface area contributed by atoms with Gasteiger partial charge in [-0.25, -0.2) is 8.42 Å². The highest BCUT2D eigenvalue weighted by atomic mass is 32.2. The third-order valence-corrected chi connectivity index (χ3v) is 3.95. The fourth-order valence-corrected chi connectivity index (χ4v) is 2.92. The van der Waals surface area contributed by atoms with Crippen LogP contribution in [-0.4, -0.2) is 40.3 Å². The van der Waals surface area contributed by atoms with Crippen molar-refractivity contribution in [2.75, 3.05) is 26.0 Å². The Morgan fingerprint density at radius 3 is 2.75 bits per heavy atom. The molecule has 20 heavy (non-hydrogen) atoms. The average Bonchev–Trinajstić information content (AvgIpc) is 2.38. The van der Waals surface area contributed by atoms with Crippen LogP contribution in [0.4, 0.5) is 0 Å². The summed E-state index contributed by atoms with van der Waals surface area (Å²) >= 11 is 0. The summed E-state index contributed by atoms with van der Waals surface area (Å²) in [5, 5.41) is 11.3. The van der Waals surface area contributed by atoms with Crippen molar-refractivity contribution in [3.63, 3.8) is 0 Å². The molecule has 1 N–H and O–H groups in total. The van der Waals surface area contributed by atoms with Crippen LogP contribution in [0.1, 0.15) is 11.1 Å². The summed E-state index contributed by atoms with van der Waals surface area (Å²) in [4.78, 5) is 11.5. The summed E-state index contributed by atoms with van der Waals surface area (Å²) in [7, 11) is -2.12. The van der Waals surface area contributed by atoms with E-state index < -0.39 is 21.5 Å². The topological polar surface area (TPSA) is 96.3 Å². The first kappa shape index (κ1) is 16.1. The second kappa shape index (κ2) is 7.62. The van der Waals surface area contributed by atoms with Gasteiger partial charge in [-0.3, -0.25) is 4.79 Å². The standard InChI is InChI=1S/C13H16N2O4S/c1-19-7-6-15-13(16)10-20(17,18)9-12-5-3-2-4-11(12)8-14/h2-5H,6-7,9-10H2,1H3,(H,15,16). The van der Waals surface area contributed by atoms with Crippen LogP contribution in [0.5, 0.6) is 0 Å². The number of sulfone groups is 1. The Morgan fingerprint density at radius 1 is 1.40 bits per heavy atom. The molecule has 0 aliphatic carbocycles. The number of carbonyl (C=O) groups is 1. The first-order chi connectivity index (χ1) is 9.48. The number of benzene rings is 1. The molecule has 1 amide bonds. The summed E-state index contributed by atoms with van der Waals surface area (Å²) in [5.41, 5.74) is 0.704. The Hall–Kier alpha value is -1.91. The van der Waals surface area contributed by atoms with Crippen molar-refractivity contribution in [2.45, 2.75) is 5.75 Å². The number of carbonyl (C=O) groups excluding carboxylic acids is 1. The first-order valence-corrected chi connectivity index (χ1v) is 7.74. The number of amides is 1. The highest BCUT2D eigenvalue weighted by molar-refractivity contribution is 7.91. The van der Waals surface area contributed by atoms with Gasteiger partial charge in [-0.1, -0.05) is 18.2 Å². The fraction of sp³-hybridized carbons (Fsp3) is 0.385. The van der Waals surface area contributed by atoms with Gasteiger partial charge < -0.3 is 10.1 Å². The van der Waals surface area contributed by atoms with E-state index in [0.29, 0.717) is 17.7 Å². The van der Waals surface area contributed by atoms with Crippen molar-refractivity contribution in [2.24, 2.45) is 0 Å². The Balaban J connectivity index is 2.66. The van der Waals surface area contributed by atoms with Crippen molar-refractivity contribution >= 4 is 15.7 Å². The van der Waals surface area contributed by atoms with Crippen molar-refractivity contribution < 1.29 is 17.9 Å². The number of hydrogen-bond acceptors (Lipinski definition) is 5. The summed E-state index contributed by atoms with van der Waals surface area (Å²) in [6.45, 7) is 0.586. The molecule has 0 spiro atoms. The molecule has 0 fully saturated rings. The molecular formula is C13H16N2O4S. The molecular weight excluding hydrogens is 280 g/mol. The van der Waals surface area contributed by atoms with E-state index >= 15 is 0 Å². The monoisotopic (exact) mass is 296 g/mol. The van der Waals surface area contributed by atoms with Crippen LogP contribution in [0.3, 0.4) is 0 Å². The molecule has 0 saturated carbocycles. The molecule has 1 aromatic carbocycles. The molecule has 1 rings (SSSR count). The van der Waals surface area contributed by atoms with Crippen LogP contribution in [0.15, 0.2) is 24.3 Å². The van der Waals surface area contributed by atoms with Crippen molar-refractivity contribution in [3.05, 3.63) is 35.4 Å². The van der Waals surface area contributed by atoms with Gasteiger partial charge in [0.25, 0.3) is 0 Å². The molecule has 0 aliphatic heterocycles. The maximum absolute atomic E-state index is 11.9. The first-order valence-electron chi connectivity index (χ1n) is 5.92. The molecule has 6 nitrogen and oxygen atoms in total. The highest BCUT2D eigenvalue weighted by Gasteiger charge is 2.18. The number of methoxy groups -OCH3 is 1. The Bertz CT molecular complexity index is 605. The van der Waals surface area contributed by atoms with E-state index in [4.69, 9.17) is 10.00 Å². The lowest BCUT2D eigenvalue weighted by molar-refractivity contribution is -0.118. The van der Waals surface area contributed by atoms with Gasteiger partial charge in [0, 0.05) is 13.7 Å². The zero-order valence-electron chi connectivity index (χ0n) is 11.1. The van der Waals surface area contributed by atoms with Crippen molar-refractivity contribution in [3.8, 4) is 6.07 Å². The smallest absolute Gasteiger partial charge is 0.235 e. The van der Waals surface area contributed by atoms with E-state index in [0.717, 1.165) is 0 Å². The molecule has 0 atom stereocenters. The summed E-state index contributed by atoms with van der Waals surface area (Å²) in [6, 6.07) is 8.36. The maximum Gasteiger partial charge on any atom is 0.235 e. The van der Waals surface area contributed by atoms with Crippen LogP contribution >= 0.6 is 0 Å². The van der Waals surface area contributed by atoms with Gasteiger partial charge in [-0.05, 0) is 11.6 Å². The molecule has 0 radical (unpaired) electrons. The molecule has 1 aromatic rings. The fourth-order valence-electron chi connectivity index (χ4n) is 1.59. The molecule has 0 unspecified atom stereocenters. The Kier molecular flexibility index (Phi) is 6.15. The van der Waals surface area contributed by atoms with Gasteiger partial charge in [0.15, 0.2) is 9.84 Å². The number of nitrogens with one attached hydrogen (secondary N) is 1. The lowest BCUT2D eigenvalue weighted by Gasteiger charge is -2.07. The lowest BCUT2D eigenvalue weighted by atomic mass is 10.1. The Labute approximate surface area is 118 Å². The molecule has 0 aromatic heterocycles. The molecule has 0 saturated heterocycles. The van der Waals surface area contributed by atoms with Crippen molar-refractivity contribution in [1.29, 1.82) is 5.26 Å². The maximum atomic E-state index is 11.9. The normalized spacial score (nSPS) is 10.8. The third kappa shape index (κ3) is 5.38. The molecule has 108 valence electrons. The van der Waals surface area contributed by atoms with E-state index in [1.807, 2.05) is 6.07 Å². The number of nitrogens with zero attached hydrogens (tertiary/aromatic N) is 1. The van der Waals surface area contributed by atoms with Gasteiger partial charge in [-0.15, -0.1) is 0 Å². The summed E-state index contributed by atoms with van der Waals surface area (Å²) in [6.07, 6.45) is 0. The minimum Gasteiger partial charge on any atom is -0.383 e. The van der Waals surface area contributed by atoms with E-state index in [-0.39, 0.29) is 12.3 Å². The van der Waals surface area contributed by atoms with E-state index in [1.165, 1.54) is 7.11 Å². The quantitative estimate of drug-likeness (QED) is 0.727. The SMILES string of the molecule is COCCNC(=O)CS(=O)(=O)Cc1ccccc1C#N. The van der Waals surface area contributed by atoms with Crippen molar-refractivity contribution in [1.82, 2.24) is 5.32 Å². The van der Waals surface area contributed by atoms with Crippen LogP contribution < -0.4 is 5.32 Å². The number of ether oxygens (including phenoxy) is 1. The minimum absolute atomic E-state index is 0.264. The Morgan fingerprint density at radius 2 is 2.10 bits per heavy atom. The van der Waals surface area contributed by atoms with Gasteiger partial charge in [0.05, 0.1) is 24.0 Å². The summed E-state index contributed by atoms with van der Waals surface area (Å²) in [5.74, 6) is -1.50. The van der Waals surface area contributed by atoms with Gasteiger partial charge in [0.1, 0.15) is 5.75 Å². The van der Waals surface area contributed by atoms with Crippen LogP contribution in [0.25, 0.3) is 0 Å². The second-order valence-electron chi connectivity index (χ2n) is 4.14. The molecule has 7 heteroatoms. The predicted molar refractivity (Wildman–Crippen MR) is 73.5 cm³/mol. The van der Waals surface area contributed by atoms with E-state index in [1.54, 1.807) is 24.3 Å².